The molecular weight excluding hydrogens is 346 g/mol. The van der Waals surface area contributed by atoms with E-state index in [9.17, 15) is 9.59 Å². The first-order valence-corrected chi connectivity index (χ1v) is 9.10. The van der Waals surface area contributed by atoms with Gasteiger partial charge in [-0.25, -0.2) is 4.68 Å². The molecular formula is C20H25N3O4. The van der Waals surface area contributed by atoms with Crippen LogP contribution >= 0.6 is 0 Å². The number of carbonyl (C=O) groups excluding carboxylic acids is 1. The molecule has 144 valence electrons. The lowest BCUT2D eigenvalue weighted by Gasteiger charge is -2.31. The highest BCUT2D eigenvalue weighted by molar-refractivity contribution is 5.76. The summed E-state index contributed by atoms with van der Waals surface area (Å²) in [6.45, 7) is 3.53. The summed E-state index contributed by atoms with van der Waals surface area (Å²) in [4.78, 5) is 26.8. The van der Waals surface area contributed by atoms with Crippen molar-refractivity contribution in [2.24, 2.45) is 5.92 Å². The Morgan fingerprint density at radius 1 is 1.22 bits per heavy atom. The van der Waals surface area contributed by atoms with E-state index in [0.717, 1.165) is 37.2 Å². The van der Waals surface area contributed by atoms with E-state index in [2.05, 4.69) is 12.0 Å². The van der Waals surface area contributed by atoms with Gasteiger partial charge in [-0.2, -0.15) is 5.10 Å². The Labute approximate surface area is 158 Å². The van der Waals surface area contributed by atoms with E-state index in [-0.39, 0.29) is 18.0 Å². The van der Waals surface area contributed by atoms with Crippen LogP contribution in [0.5, 0.6) is 11.5 Å². The molecule has 1 atom stereocenters. The molecule has 1 fully saturated rings. The Morgan fingerprint density at radius 3 is 2.59 bits per heavy atom. The van der Waals surface area contributed by atoms with Crippen molar-refractivity contribution in [2.75, 3.05) is 27.3 Å². The van der Waals surface area contributed by atoms with Crippen molar-refractivity contribution < 1.29 is 14.3 Å². The molecule has 1 saturated heterocycles. The minimum absolute atomic E-state index is 0.0707. The number of piperidine rings is 1. The van der Waals surface area contributed by atoms with Crippen molar-refractivity contribution >= 4 is 5.91 Å². The molecule has 27 heavy (non-hydrogen) atoms. The van der Waals surface area contributed by atoms with Gasteiger partial charge in [-0.15, -0.1) is 0 Å². The second kappa shape index (κ2) is 8.24. The highest BCUT2D eigenvalue weighted by Crippen LogP contribution is 2.27. The molecule has 0 aliphatic carbocycles. The summed E-state index contributed by atoms with van der Waals surface area (Å²) in [5.74, 6) is 1.50. The normalized spacial score (nSPS) is 16.9. The van der Waals surface area contributed by atoms with Gasteiger partial charge in [-0.3, -0.25) is 9.59 Å². The molecule has 1 aromatic carbocycles. The van der Waals surface area contributed by atoms with E-state index in [1.54, 1.807) is 7.11 Å². The molecule has 0 radical (unpaired) electrons. The fraction of sp³-hybridized carbons (Fsp3) is 0.450. The number of aromatic nitrogens is 2. The number of methoxy groups -OCH3 is 2. The largest absolute Gasteiger partial charge is 0.497 e. The molecule has 0 N–H and O–H groups in total. The number of likely N-dealkylation sites (tertiary alicyclic amines) is 1. The summed E-state index contributed by atoms with van der Waals surface area (Å²) >= 11 is 0. The number of ether oxygens (including phenoxy) is 2. The van der Waals surface area contributed by atoms with Crippen LogP contribution in [0.15, 0.2) is 35.1 Å². The molecule has 2 heterocycles. The molecule has 0 spiro atoms. The Kier molecular flexibility index (Phi) is 5.78. The maximum atomic E-state index is 12.6. The van der Waals surface area contributed by atoms with E-state index in [1.165, 1.54) is 17.9 Å². The van der Waals surface area contributed by atoms with Crippen molar-refractivity contribution in [1.29, 1.82) is 0 Å². The number of hydrogen-bond acceptors (Lipinski definition) is 5. The van der Waals surface area contributed by atoms with Gasteiger partial charge in [0.2, 0.25) is 5.91 Å². The van der Waals surface area contributed by atoms with Crippen LogP contribution in [-0.2, 0) is 11.3 Å². The van der Waals surface area contributed by atoms with E-state index < -0.39 is 0 Å². The van der Waals surface area contributed by atoms with Crippen LogP contribution in [0.2, 0.25) is 0 Å². The third-order valence-corrected chi connectivity index (χ3v) is 4.84. The average molecular weight is 371 g/mol. The Balaban J connectivity index is 1.89. The standard InChI is InChI=1S/C20H25N3O4/c1-14-5-4-10-22(12-14)19(25)13-23-18(24)11-17(27-3)20(21-23)15-6-8-16(26-2)9-7-15/h6-9,11,14H,4-5,10,12-13H2,1-3H3/t14-/m1/s1. The smallest absolute Gasteiger partial charge is 0.270 e. The summed E-state index contributed by atoms with van der Waals surface area (Å²) in [6.07, 6.45) is 2.13. The molecule has 7 nitrogen and oxygen atoms in total. The van der Waals surface area contributed by atoms with Crippen LogP contribution in [0.1, 0.15) is 19.8 Å². The van der Waals surface area contributed by atoms with Crippen molar-refractivity contribution in [3.8, 4) is 22.8 Å². The summed E-state index contributed by atoms with van der Waals surface area (Å²) in [7, 11) is 3.09. The summed E-state index contributed by atoms with van der Waals surface area (Å²) < 4.78 is 11.7. The minimum atomic E-state index is -0.359. The van der Waals surface area contributed by atoms with Crippen LogP contribution in [0, 0.1) is 5.92 Å². The van der Waals surface area contributed by atoms with Gasteiger partial charge >= 0.3 is 0 Å². The van der Waals surface area contributed by atoms with E-state index >= 15 is 0 Å². The molecule has 0 bridgehead atoms. The second-order valence-electron chi connectivity index (χ2n) is 6.87. The summed E-state index contributed by atoms with van der Waals surface area (Å²) in [5, 5.41) is 4.41. The van der Waals surface area contributed by atoms with Crippen LogP contribution < -0.4 is 15.0 Å². The first-order chi connectivity index (χ1) is 13.0. The van der Waals surface area contributed by atoms with E-state index in [1.807, 2.05) is 29.2 Å². The average Bonchev–Trinajstić information content (AvgIpc) is 2.69. The van der Waals surface area contributed by atoms with Gasteiger partial charge in [-0.1, -0.05) is 6.92 Å². The number of rotatable bonds is 5. The molecule has 2 aromatic rings. The van der Waals surface area contributed by atoms with Crippen molar-refractivity contribution in [3.05, 3.63) is 40.7 Å². The quantitative estimate of drug-likeness (QED) is 0.805. The van der Waals surface area contributed by atoms with Crippen molar-refractivity contribution in [3.63, 3.8) is 0 Å². The monoisotopic (exact) mass is 371 g/mol. The zero-order valence-corrected chi connectivity index (χ0v) is 16.0. The predicted octanol–water partition coefficient (Wildman–Crippen LogP) is 2.19. The number of amides is 1. The number of nitrogens with zero attached hydrogens (tertiary/aromatic N) is 3. The highest BCUT2D eigenvalue weighted by atomic mass is 16.5. The molecule has 7 heteroatoms. The highest BCUT2D eigenvalue weighted by Gasteiger charge is 2.22. The second-order valence-corrected chi connectivity index (χ2v) is 6.87. The van der Waals surface area contributed by atoms with Gasteiger partial charge in [0.1, 0.15) is 18.0 Å². The fourth-order valence-corrected chi connectivity index (χ4v) is 3.34. The number of hydrogen-bond donors (Lipinski definition) is 0. The predicted molar refractivity (Wildman–Crippen MR) is 102 cm³/mol. The zero-order valence-electron chi connectivity index (χ0n) is 16.0. The Hall–Kier alpha value is -2.83. The lowest BCUT2D eigenvalue weighted by atomic mass is 10.0. The lowest BCUT2D eigenvalue weighted by molar-refractivity contribution is -0.133. The first-order valence-electron chi connectivity index (χ1n) is 9.10. The third-order valence-electron chi connectivity index (χ3n) is 4.84. The Bertz CT molecular complexity index is 861. The Morgan fingerprint density at radius 2 is 1.96 bits per heavy atom. The van der Waals surface area contributed by atoms with Gasteiger partial charge in [0.05, 0.1) is 14.2 Å². The van der Waals surface area contributed by atoms with Gasteiger partial charge in [-0.05, 0) is 43.0 Å². The van der Waals surface area contributed by atoms with Crippen molar-refractivity contribution in [2.45, 2.75) is 26.3 Å². The SMILES string of the molecule is COc1ccc(-c2nn(CC(=O)N3CCC[C@@H](C)C3)c(=O)cc2OC)cc1. The lowest BCUT2D eigenvalue weighted by Crippen LogP contribution is -2.42. The van der Waals surface area contributed by atoms with Crippen molar-refractivity contribution in [1.82, 2.24) is 14.7 Å². The zero-order chi connectivity index (χ0) is 19.4. The van der Waals surface area contributed by atoms with Gasteiger partial charge < -0.3 is 14.4 Å². The summed E-state index contributed by atoms with van der Waals surface area (Å²) in [6, 6.07) is 8.68. The molecule has 1 amide bonds. The molecule has 0 saturated carbocycles. The number of carbonyl (C=O) groups is 1. The molecule has 3 rings (SSSR count). The topological polar surface area (TPSA) is 73.7 Å². The fourth-order valence-electron chi connectivity index (χ4n) is 3.34. The molecule has 0 unspecified atom stereocenters. The molecule has 1 aromatic heterocycles. The van der Waals surface area contributed by atoms with Gasteiger partial charge in [0.15, 0.2) is 5.75 Å². The van der Waals surface area contributed by atoms with Crippen LogP contribution in [0.4, 0.5) is 0 Å². The van der Waals surface area contributed by atoms with Crippen LogP contribution in [0.25, 0.3) is 11.3 Å². The minimum Gasteiger partial charge on any atom is -0.497 e. The molecule has 1 aliphatic heterocycles. The third kappa shape index (κ3) is 4.30. The summed E-state index contributed by atoms with van der Waals surface area (Å²) in [5.41, 5.74) is 0.933. The van der Waals surface area contributed by atoms with Crippen LogP contribution in [0.3, 0.4) is 0 Å². The number of benzene rings is 1. The van der Waals surface area contributed by atoms with Gasteiger partial charge in [0, 0.05) is 24.7 Å². The first kappa shape index (κ1) is 18.9. The molecule has 1 aliphatic rings. The van der Waals surface area contributed by atoms with Gasteiger partial charge in [0.25, 0.3) is 5.56 Å². The van der Waals surface area contributed by atoms with E-state index in [0.29, 0.717) is 17.4 Å². The van der Waals surface area contributed by atoms with E-state index in [4.69, 9.17) is 9.47 Å². The maximum Gasteiger partial charge on any atom is 0.270 e. The van der Waals surface area contributed by atoms with Crippen LogP contribution in [-0.4, -0.2) is 47.9 Å². The maximum absolute atomic E-state index is 12.6.